The van der Waals surface area contributed by atoms with Crippen LogP contribution in [-0.4, -0.2) is 11.9 Å². The summed E-state index contributed by atoms with van der Waals surface area (Å²) < 4.78 is 13.8. The van der Waals surface area contributed by atoms with Crippen LogP contribution >= 0.6 is 0 Å². The molecule has 0 aliphatic rings. The van der Waals surface area contributed by atoms with Crippen molar-refractivity contribution in [3.8, 4) is 0 Å². The van der Waals surface area contributed by atoms with Crippen LogP contribution < -0.4 is 5.73 Å². The smallest absolute Gasteiger partial charge is 0.173 e. The lowest BCUT2D eigenvalue weighted by atomic mass is 9.88. The topological polar surface area (TPSA) is 47.6 Å². The molecule has 0 fully saturated rings. The van der Waals surface area contributed by atoms with Crippen molar-refractivity contribution in [1.82, 2.24) is 0 Å². The van der Waals surface area contributed by atoms with Gasteiger partial charge in [0, 0.05) is 0 Å². The van der Waals surface area contributed by atoms with Crippen molar-refractivity contribution in [2.24, 2.45) is 16.3 Å². The summed E-state index contributed by atoms with van der Waals surface area (Å²) in [6.07, 6.45) is 1.83. The Balaban J connectivity index is 2.89. The van der Waals surface area contributed by atoms with Gasteiger partial charge in [-0.05, 0) is 49.8 Å². The van der Waals surface area contributed by atoms with Crippen molar-refractivity contribution < 1.29 is 9.23 Å². The lowest BCUT2D eigenvalue weighted by molar-refractivity contribution is 0.0858. The van der Waals surface area contributed by atoms with Gasteiger partial charge in [-0.1, -0.05) is 32.0 Å². The fraction of sp³-hybridized carbons (Fsp3) is 0.562. The van der Waals surface area contributed by atoms with Crippen LogP contribution in [-0.2, 0) is 11.3 Å². The maximum Gasteiger partial charge on any atom is 0.173 e. The second-order valence-corrected chi connectivity index (χ2v) is 6.51. The summed E-state index contributed by atoms with van der Waals surface area (Å²) in [7, 11) is 0. The second-order valence-electron chi connectivity index (χ2n) is 6.51. The number of halogens is 1. The number of aryl methyl sites for hydroxylation is 1. The average Bonchev–Trinajstić information content (AvgIpc) is 2.34. The van der Waals surface area contributed by atoms with Crippen molar-refractivity contribution in [1.29, 1.82) is 0 Å². The monoisotopic (exact) mass is 280 g/mol. The van der Waals surface area contributed by atoms with E-state index < -0.39 is 0 Å². The van der Waals surface area contributed by atoms with E-state index in [0.717, 1.165) is 18.4 Å². The highest BCUT2D eigenvalue weighted by Gasteiger charge is 2.13. The number of benzene rings is 1. The first kappa shape index (κ1) is 16.5. The predicted octanol–water partition coefficient (Wildman–Crippen LogP) is 3.85. The van der Waals surface area contributed by atoms with Gasteiger partial charge < -0.3 is 10.6 Å². The summed E-state index contributed by atoms with van der Waals surface area (Å²) in [5.41, 5.74) is 7.38. The first-order valence-electron chi connectivity index (χ1n) is 6.97. The van der Waals surface area contributed by atoms with Crippen LogP contribution in [0, 0.1) is 11.2 Å². The molecule has 0 radical (unpaired) electrons. The third-order valence-electron chi connectivity index (χ3n) is 2.83. The molecule has 0 aromatic heterocycles. The van der Waals surface area contributed by atoms with Gasteiger partial charge in [-0.15, -0.1) is 0 Å². The van der Waals surface area contributed by atoms with Gasteiger partial charge in [-0.2, -0.15) is 0 Å². The Labute approximate surface area is 121 Å². The predicted molar refractivity (Wildman–Crippen MR) is 81.1 cm³/mol. The molecule has 4 heteroatoms. The number of hydrogen-bond donors (Lipinski definition) is 1. The van der Waals surface area contributed by atoms with Crippen LogP contribution in [0.2, 0.25) is 0 Å². The van der Waals surface area contributed by atoms with E-state index in [1.54, 1.807) is 12.1 Å². The number of amidine groups is 1. The number of nitrogens with two attached hydrogens (primary N) is 1. The highest BCUT2D eigenvalue weighted by Crippen LogP contribution is 2.22. The Morgan fingerprint density at radius 1 is 1.35 bits per heavy atom. The second kappa shape index (κ2) is 6.73. The Morgan fingerprint density at radius 2 is 2.00 bits per heavy atom. The molecule has 20 heavy (non-hydrogen) atoms. The zero-order valence-electron chi connectivity index (χ0n) is 13.0. The van der Waals surface area contributed by atoms with Crippen molar-refractivity contribution in [2.75, 3.05) is 0 Å². The molecule has 1 rings (SSSR count). The number of hydrogen-bond acceptors (Lipinski definition) is 2. The van der Waals surface area contributed by atoms with Gasteiger partial charge in [0.2, 0.25) is 0 Å². The van der Waals surface area contributed by atoms with E-state index >= 15 is 0 Å². The van der Waals surface area contributed by atoms with Crippen LogP contribution in [0.4, 0.5) is 4.39 Å². The van der Waals surface area contributed by atoms with E-state index in [9.17, 15) is 4.39 Å². The Kier molecular flexibility index (Phi) is 5.54. The number of nitrogens with zero attached hydrogens (tertiary/aromatic N) is 1. The Morgan fingerprint density at radius 3 is 2.55 bits per heavy atom. The van der Waals surface area contributed by atoms with Gasteiger partial charge in [0.25, 0.3) is 0 Å². The number of oxime groups is 1. The van der Waals surface area contributed by atoms with Crippen LogP contribution in [0.5, 0.6) is 0 Å². The molecule has 0 aliphatic heterocycles. The standard InChI is InChI=1S/C16H25FN2O/c1-11(2)20-19-15(18)13-10-12(6-7-14(13)17)8-9-16(3,4)5/h6-7,10-11H,8-9H2,1-5H3,(H2,18,19). The van der Waals surface area contributed by atoms with Crippen LogP contribution in [0.15, 0.2) is 23.4 Å². The van der Waals surface area contributed by atoms with Gasteiger partial charge >= 0.3 is 0 Å². The van der Waals surface area contributed by atoms with Gasteiger partial charge in [-0.25, -0.2) is 4.39 Å². The molecule has 0 saturated carbocycles. The molecule has 1 aromatic rings. The molecule has 1 aromatic carbocycles. The maximum atomic E-state index is 13.8. The molecular formula is C16H25FN2O. The molecule has 0 unspecified atom stereocenters. The first-order valence-corrected chi connectivity index (χ1v) is 6.97. The van der Waals surface area contributed by atoms with E-state index in [2.05, 4.69) is 25.9 Å². The molecule has 2 N–H and O–H groups in total. The molecule has 0 spiro atoms. The van der Waals surface area contributed by atoms with Crippen molar-refractivity contribution in [3.63, 3.8) is 0 Å². The lowest BCUT2D eigenvalue weighted by Gasteiger charge is -2.18. The largest absolute Gasteiger partial charge is 0.391 e. The molecule has 0 bridgehead atoms. The van der Waals surface area contributed by atoms with E-state index in [4.69, 9.17) is 10.6 Å². The molecule has 0 saturated heterocycles. The number of rotatable bonds is 5. The fourth-order valence-corrected chi connectivity index (χ4v) is 1.65. The zero-order valence-corrected chi connectivity index (χ0v) is 13.0. The minimum atomic E-state index is -0.377. The summed E-state index contributed by atoms with van der Waals surface area (Å²) in [6, 6.07) is 4.98. The van der Waals surface area contributed by atoms with Gasteiger partial charge in [0.1, 0.15) is 11.9 Å². The third kappa shape index (κ3) is 5.59. The van der Waals surface area contributed by atoms with Crippen LogP contribution in [0.1, 0.15) is 52.2 Å². The van der Waals surface area contributed by atoms with Crippen LogP contribution in [0.3, 0.4) is 0 Å². The summed E-state index contributed by atoms with van der Waals surface area (Å²) in [4.78, 5) is 5.06. The molecular weight excluding hydrogens is 255 g/mol. The van der Waals surface area contributed by atoms with Crippen LogP contribution in [0.25, 0.3) is 0 Å². The van der Waals surface area contributed by atoms with E-state index in [0.29, 0.717) is 5.56 Å². The van der Waals surface area contributed by atoms with E-state index in [-0.39, 0.29) is 23.2 Å². The summed E-state index contributed by atoms with van der Waals surface area (Å²) in [6.45, 7) is 10.2. The molecule has 0 heterocycles. The average molecular weight is 280 g/mol. The summed E-state index contributed by atoms with van der Waals surface area (Å²) in [5, 5.41) is 3.76. The van der Waals surface area contributed by atoms with Gasteiger partial charge in [0.05, 0.1) is 5.56 Å². The zero-order chi connectivity index (χ0) is 15.3. The van der Waals surface area contributed by atoms with Crippen molar-refractivity contribution in [2.45, 2.75) is 53.6 Å². The van der Waals surface area contributed by atoms with Crippen molar-refractivity contribution in [3.05, 3.63) is 35.1 Å². The maximum absolute atomic E-state index is 13.8. The molecule has 0 aliphatic carbocycles. The van der Waals surface area contributed by atoms with E-state index in [1.807, 2.05) is 13.8 Å². The third-order valence-corrected chi connectivity index (χ3v) is 2.83. The molecule has 0 amide bonds. The fourth-order valence-electron chi connectivity index (χ4n) is 1.65. The summed E-state index contributed by atoms with van der Waals surface area (Å²) >= 11 is 0. The summed E-state index contributed by atoms with van der Waals surface area (Å²) in [5.74, 6) is -0.299. The molecule has 112 valence electrons. The Hall–Kier alpha value is -1.58. The van der Waals surface area contributed by atoms with E-state index in [1.165, 1.54) is 6.07 Å². The normalized spacial score (nSPS) is 12.8. The quantitative estimate of drug-likeness (QED) is 0.506. The first-order chi connectivity index (χ1) is 9.19. The van der Waals surface area contributed by atoms with Gasteiger partial charge in [-0.3, -0.25) is 0 Å². The highest BCUT2D eigenvalue weighted by molar-refractivity contribution is 5.97. The molecule has 3 nitrogen and oxygen atoms in total. The minimum Gasteiger partial charge on any atom is -0.391 e. The minimum absolute atomic E-state index is 0.0776. The highest BCUT2D eigenvalue weighted by atomic mass is 19.1. The Bertz CT molecular complexity index is 476. The lowest BCUT2D eigenvalue weighted by Crippen LogP contribution is -2.17. The SMILES string of the molecule is CC(C)ON=C(N)c1cc(CCC(C)(C)C)ccc1F. The van der Waals surface area contributed by atoms with Gasteiger partial charge in [0.15, 0.2) is 5.84 Å². The molecule has 0 atom stereocenters. The van der Waals surface area contributed by atoms with Crippen molar-refractivity contribution >= 4 is 5.84 Å².